The number of hydrazone groups is 1. The monoisotopic (exact) mass is 552 g/mol. The fourth-order valence-corrected chi connectivity index (χ4v) is 5.30. The van der Waals surface area contributed by atoms with Gasteiger partial charge in [0.05, 0.1) is 28.9 Å². The molecule has 1 amide bonds. The van der Waals surface area contributed by atoms with Crippen molar-refractivity contribution in [3.8, 4) is 11.6 Å². The maximum absolute atomic E-state index is 13.3. The van der Waals surface area contributed by atoms with Gasteiger partial charge in [0.2, 0.25) is 15.9 Å². The van der Waals surface area contributed by atoms with Gasteiger partial charge < -0.3 is 5.11 Å². The first-order chi connectivity index (χ1) is 18.0. The van der Waals surface area contributed by atoms with Crippen LogP contribution >= 0.6 is 11.6 Å². The molecule has 0 bridgehead atoms. The highest BCUT2D eigenvalue weighted by Crippen LogP contribution is 2.27. The van der Waals surface area contributed by atoms with Gasteiger partial charge in [0.1, 0.15) is 0 Å². The van der Waals surface area contributed by atoms with Gasteiger partial charge in [-0.2, -0.15) is 9.41 Å². The average molecular weight is 553 g/mol. The maximum atomic E-state index is 13.3. The van der Waals surface area contributed by atoms with E-state index in [0.717, 1.165) is 15.4 Å². The summed E-state index contributed by atoms with van der Waals surface area (Å²) in [4.78, 5) is 25.8. The molecule has 11 heteroatoms. The van der Waals surface area contributed by atoms with Crippen LogP contribution in [0, 0.1) is 13.8 Å². The Kier molecular flexibility index (Phi) is 7.68. The number of aromatic nitrogens is 1. The molecule has 4 rings (SSSR count). The molecular weight excluding hydrogens is 528 g/mol. The molecule has 1 aromatic heterocycles. The number of fused-ring (bicyclic) bond motifs is 1. The standard InChI is InChI=1S/C27H25ClN4O5S/c1-17-8-13-24(18(2)14-17)32-26(34)22-7-5-4-6-21(22)23(27(32)35)15-29-30-25(33)16-31(3)38(36,37)20-11-9-19(28)10-12-20/h4-15,35H,16H2,1-3H3,(H,30,33)/b29-15+. The second kappa shape index (κ2) is 10.8. The number of aromatic hydroxyl groups is 1. The van der Waals surface area contributed by atoms with Crippen molar-refractivity contribution in [3.63, 3.8) is 0 Å². The van der Waals surface area contributed by atoms with Crippen LogP contribution in [0.4, 0.5) is 0 Å². The number of likely N-dealkylation sites (N-methyl/N-ethyl adjacent to an activating group) is 1. The molecule has 0 atom stereocenters. The summed E-state index contributed by atoms with van der Waals surface area (Å²) in [5, 5.41) is 16.3. The van der Waals surface area contributed by atoms with E-state index in [1.165, 1.54) is 42.1 Å². The molecule has 0 aliphatic heterocycles. The van der Waals surface area contributed by atoms with E-state index >= 15 is 0 Å². The SMILES string of the molecule is Cc1ccc(-n2c(O)c(/C=N/NC(=O)CN(C)S(=O)(=O)c3ccc(Cl)cc3)c3ccccc3c2=O)c(C)c1. The highest BCUT2D eigenvalue weighted by Gasteiger charge is 2.23. The molecule has 3 aromatic carbocycles. The molecule has 0 spiro atoms. The van der Waals surface area contributed by atoms with Gasteiger partial charge in [0, 0.05) is 22.8 Å². The van der Waals surface area contributed by atoms with Gasteiger partial charge in [0.15, 0.2) is 0 Å². The highest BCUT2D eigenvalue weighted by molar-refractivity contribution is 7.89. The fraction of sp³-hybridized carbons (Fsp3) is 0.148. The Balaban J connectivity index is 1.62. The van der Waals surface area contributed by atoms with Crippen molar-refractivity contribution in [3.05, 3.63) is 98.8 Å². The van der Waals surface area contributed by atoms with Crippen LogP contribution in [0.5, 0.6) is 5.88 Å². The lowest BCUT2D eigenvalue weighted by atomic mass is 10.1. The zero-order valence-corrected chi connectivity index (χ0v) is 22.4. The third-order valence-corrected chi connectivity index (χ3v) is 8.04. The van der Waals surface area contributed by atoms with E-state index < -0.39 is 28.0 Å². The van der Waals surface area contributed by atoms with Crippen molar-refractivity contribution < 1.29 is 18.3 Å². The molecule has 9 nitrogen and oxygen atoms in total. The number of pyridine rings is 1. The number of rotatable bonds is 7. The second-order valence-electron chi connectivity index (χ2n) is 8.72. The lowest BCUT2D eigenvalue weighted by Crippen LogP contribution is -2.36. The number of hydrogen-bond acceptors (Lipinski definition) is 6. The van der Waals surface area contributed by atoms with Crippen LogP contribution in [0.15, 0.2) is 81.5 Å². The Morgan fingerprint density at radius 3 is 2.39 bits per heavy atom. The van der Waals surface area contributed by atoms with Gasteiger partial charge in [-0.05, 0) is 55.8 Å². The highest BCUT2D eigenvalue weighted by atomic mass is 35.5. The minimum absolute atomic E-state index is 0.00857. The quantitative estimate of drug-likeness (QED) is 0.267. The molecular formula is C27H25ClN4O5S. The van der Waals surface area contributed by atoms with Crippen LogP contribution in [-0.2, 0) is 14.8 Å². The predicted octanol–water partition coefficient (Wildman–Crippen LogP) is 3.74. The van der Waals surface area contributed by atoms with Crippen LogP contribution in [0.2, 0.25) is 5.02 Å². The Hall–Kier alpha value is -3.99. The summed E-state index contributed by atoms with van der Waals surface area (Å²) >= 11 is 5.82. The first kappa shape index (κ1) is 27.1. The van der Waals surface area contributed by atoms with E-state index in [9.17, 15) is 23.1 Å². The van der Waals surface area contributed by atoms with Crippen molar-refractivity contribution in [2.75, 3.05) is 13.6 Å². The van der Waals surface area contributed by atoms with Gasteiger partial charge in [-0.3, -0.25) is 9.59 Å². The van der Waals surface area contributed by atoms with E-state index in [1.54, 1.807) is 30.3 Å². The number of benzene rings is 3. The van der Waals surface area contributed by atoms with Crippen LogP contribution < -0.4 is 11.0 Å². The normalized spacial score (nSPS) is 11.9. The molecule has 0 unspecified atom stereocenters. The van der Waals surface area contributed by atoms with Crippen molar-refractivity contribution >= 4 is 44.5 Å². The molecule has 4 aromatic rings. The van der Waals surface area contributed by atoms with Crippen LogP contribution in [0.3, 0.4) is 0 Å². The number of amides is 1. The zero-order chi connectivity index (χ0) is 27.6. The van der Waals surface area contributed by atoms with Gasteiger partial charge >= 0.3 is 0 Å². The summed E-state index contributed by atoms with van der Waals surface area (Å²) < 4.78 is 27.5. The number of aryl methyl sites for hydroxylation is 2. The molecule has 196 valence electrons. The number of nitrogens with zero attached hydrogens (tertiary/aromatic N) is 3. The number of halogens is 1. The summed E-state index contributed by atoms with van der Waals surface area (Å²) in [5.41, 5.74) is 4.40. The molecule has 0 saturated carbocycles. The zero-order valence-electron chi connectivity index (χ0n) is 20.8. The Morgan fingerprint density at radius 1 is 1.08 bits per heavy atom. The van der Waals surface area contributed by atoms with E-state index in [4.69, 9.17) is 11.6 Å². The number of sulfonamides is 1. The third-order valence-electron chi connectivity index (χ3n) is 5.97. The van der Waals surface area contributed by atoms with Crippen molar-refractivity contribution in [1.82, 2.24) is 14.3 Å². The Labute approximate surface area is 224 Å². The number of nitrogens with one attached hydrogen (secondary N) is 1. The first-order valence-electron chi connectivity index (χ1n) is 11.5. The summed E-state index contributed by atoms with van der Waals surface area (Å²) in [6.45, 7) is 3.27. The van der Waals surface area contributed by atoms with E-state index in [-0.39, 0.29) is 16.3 Å². The lowest BCUT2D eigenvalue weighted by Gasteiger charge is -2.16. The summed E-state index contributed by atoms with van der Waals surface area (Å²) in [7, 11) is -2.66. The predicted molar refractivity (Wildman–Crippen MR) is 148 cm³/mol. The minimum Gasteiger partial charge on any atom is -0.494 e. The van der Waals surface area contributed by atoms with Crippen molar-refractivity contribution in [2.45, 2.75) is 18.7 Å². The second-order valence-corrected chi connectivity index (χ2v) is 11.2. The van der Waals surface area contributed by atoms with Crippen LogP contribution in [0.25, 0.3) is 16.5 Å². The van der Waals surface area contributed by atoms with Gasteiger partial charge in [-0.25, -0.2) is 18.4 Å². The van der Waals surface area contributed by atoms with Gasteiger partial charge in [-0.1, -0.05) is 47.5 Å². The lowest BCUT2D eigenvalue weighted by molar-refractivity contribution is -0.121. The smallest absolute Gasteiger partial charge is 0.265 e. The molecule has 38 heavy (non-hydrogen) atoms. The number of carbonyl (C=O) groups is 1. The maximum Gasteiger partial charge on any atom is 0.265 e. The molecule has 0 aliphatic carbocycles. The van der Waals surface area contributed by atoms with E-state index in [2.05, 4.69) is 10.5 Å². The molecule has 0 radical (unpaired) electrons. The third kappa shape index (κ3) is 5.33. The molecule has 1 heterocycles. The molecule has 0 saturated heterocycles. The largest absolute Gasteiger partial charge is 0.494 e. The van der Waals surface area contributed by atoms with Crippen LogP contribution in [0.1, 0.15) is 16.7 Å². The van der Waals surface area contributed by atoms with Gasteiger partial charge in [0.25, 0.3) is 11.5 Å². The van der Waals surface area contributed by atoms with E-state index in [0.29, 0.717) is 21.5 Å². The molecule has 0 fully saturated rings. The van der Waals surface area contributed by atoms with E-state index in [1.807, 2.05) is 26.0 Å². The molecule has 2 N–H and O–H groups in total. The Morgan fingerprint density at radius 2 is 1.74 bits per heavy atom. The summed E-state index contributed by atoms with van der Waals surface area (Å²) in [6, 6.07) is 17.8. The topological polar surface area (TPSA) is 121 Å². The minimum atomic E-state index is -3.93. The number of carbonyl (C=O) groups excluding carboxylic acids is 1. The number of hydrogen-bond donors (Lipinski definition) is 2. The summed E-state index contributed by atoms with van der Waals surface area (Å²) in [6.07, 6.45) is 1.22. The average Bonchev–Trinajstić information content (AvgIpc) is 2.87. The summed E-state index contributed by atoms with van der Waals surface area (Å²) in [5.74, 6) is -1.05. The van der Waals surface area contributed by atoms with Gasteiger partial charge in [-0.15, -0.1) is 0 Å². The van der Waals surface area contributed by atoms with Crippen molar-refractivity contribution in [1.29, 1.82) is 0 Å². The fourth-order valence-electron chi connectivity index (χ4n) is 4.05. The first-order valence-corrected chi connectivity index (χ1v) is 13.3. The van der Waals surface area contributed by atoms with Crippen LogP contribution in [-0.4, -0.2) is 48.1 Å². The molecule has 0 aliphatic rings. The Bertz CT molecular complexity index is 1730. The van der Waals surface area contributed by atoms with Crippen molar-refractivity contribution in [2.24, 2.45) is 5.10 Å².